The van der Waals surface area contributed by atoms with Gasteiger partial charge in [-0.3, -0.25) is 9.59 Å². The van der Waals surface area contributed by atoms with Gasteiger partial charge in [-0.05, 0) is 24.3 Å². The Morgan fingerprint density at radius 2 is 1.87 bits per heavy atom. The number of aliphatic hydroxyl groups excluding tert-OH is 4. The molecule has 4 saturated carbocycles. The molecule has 2 spiro atoms. The zero-order chi connectivity index (χ0) is 22.7. The summed E-state index contributed by atoms with van der Waals surface area (Å²) in [4.78, 5) is 25.0. The molecule has 2 saturated heterocycles. The molecule has 6 aliphatic rings. The van der Waals surface area contributed by atoms with E-state index in [1.807, 2.05) is 0 Å². The van der Waals surface area contributed by atoms with Crippen LogP contribution >= 0.6 is 0 Å². The molecule has 9 nitrogen and oxygen atoms in total. The second kappa shape index (κ2) is 6.15. The van der Waals surface area contributed by atoms with Gasteiger partial charge in [0.2, 0.25) is 5.79 Å². The fourth-order valence-electron chi connectivity index (χ4n) is 8.14. The van der Waals surface area contributed by atoms with Gasteiger partial charge in [0.15, 0.2) is 5.78 Å². The number of carbonyl (C=O) groups is 2. The maximum absolute atomic E-state index is 13.5. The Morgan fingerprint density at radius 1 is 1.19 bits per heavy atom. The highest BCUT2D eigenvalue weighted by Crippen LogP contribution is 2.76. The number of esters is 1. The topological polar surface area (TPSA) is 154 Å². The van der Waals surface area contributed by atoms with E-state index in [-0.39, 0.29) is 25.2 Å². The van der Waals surface area contributed by atoms with Crippen LogP contribution in [0.5, 0.6) is 0 Å². The van der Waals surface area contributed by atoms with Crippen LogP contribution in [0.4, 0.5) is 0 Å². The Morgan fingerprint density at radius 3 is 2.52 bits per heavy atom. The van der Waals surface area contributed by atoms with Crippen molar-refractivity contribution in [1.29, 1.82) is 0 Å². The first-order valence-electron chi connectivity index (χ1n) is 10.9. The van der Waals surface area contributed by atoms with E-state index in [4.69, 9.17) is 9.47 Å². The van der Waals surface area contributed by atoms with Gasteiger partial charge in [-0.1, -0.05) is 13.5 Å². The first-order valence-corrected chi connectivity index (χ1v) is 10.9. The fourth-order valence-corrected chi connectivity index (χ4v) is 8.14. The molecule has 6 rings (SSSR count). The van der Waals surface area contributed by atoms with Crippen LogP contribution in [0, 0.1) is 34.0 Å². The Kier molecular flexibility index (Phi) is 4.26. The molecule has 9 heteroatoms. The van der Waals surface area contributed by atoms with Crippen molar-refractivity contribution in [3.05, 3.63) is 12.2 Å². The highest BCUT2D eigenvalue weighted by Gasteiger charge is 2.87. The monoisotopic (exact) mass is 438 g/mol. The summed E-state index contributed by atoms with van der Waals surface area (Å²) in [5, 5.41) is 56.8. The van der Waals surface area contributed by atoms with Crippen molar-refractivity contribution in [2.75, 3.05) is 13.2 Å². The van der Waals surface area contributed by atoms with E-state index in [1.54, 1.807) is 6.92 Å². The number of hydrogen-bond acceptors (Lipinski definition) is 9. The van der Waals surface area contributed by atoms with Crippen LogP contribution in [0.25, 0.3) is 0 Å². The van der Waals surface area contributed by atoms with Gasteiger partial charge in [-0.25, -0.2) is 0 Å². The van der Waals surface area contributed by atoms with Gasteiger partial charge in [0, 0.05) is 36.0 Å². The third-order valence-electron chi connectivity index (χ3n) is 9.48. The van der Waals surface area contributed by atoms with E-state index < -0.39 is 76.0 Å². The molecule has 5 N–H and O–H groups in total. The number of fused-ring (bicyclic) bond motifs is 2. The zero-order valence-corrected chi connectivity index (χ0v) is 17.7. The molecule has 0 aromatic carbocycles. The second-order valence-corrected chi connectivity index (χ2v) is 10.5. The zero-order valence-electron chi connectivity index (χ0n) is 17.7. The summed E-state index contributed by atoms with van der Waals surface area (Å²) in [6.45, 7) is 6.34. The van der Waals surface area contributed by atoms with Crippen molar-refractivity contribution in [2.24, 2.45) is 34.0 Å². The van der Waals surface area contributed by atoms with Crippen molar-refractivity contribution in [2.45, 2.75) is 63.3 Å². The lowest BCUT2D eigenvalue weighted by Crippen LogP contribution is -2.87. The molecule has 2 heterocycles. The summed E-state index contributed by atoms with van der Waals surface area (Å²) in [5.41, 5.74) is -4.09. The molecule has 4 bridgehead atoms. The average Bonchev–Trinajstić information content (AvgIpc) is 2.81. The summed E-state index contributed by atoms with van der Waals surface area (Å²) in [5.74, 6) is -5.72. The van der Waals surface area contributed by atoms with Crippen molar-refractivity contribution in [1.82, 2.24) is 0 Å². The van der Waals surface area contributed by atoms with E-state index in [0.717, 1.165) is 0 Å². The predicted molar refractivity (Wildman–Crippen MR) is 103 cm³/mol. The minimum Gasteiger partial charge on any atom is -0.465 e. The summed E-state index contributed by atoms with van der Waals surface area (Å²) < 4.78 is 11.0. The first kappa shape index (κ1) is 21.5. The molecule has 6 fully saturated rings. The number of Topliss-reactive ketones (excluding diaryl/α,β-unsaturated/α-hetero) is 1. The largest absolute Gasteiger partial charge is 0.465 e. The van der Waals surface area contributed by atoms with E-state index in [1.165, 1.54) is 6.92 Å². The van der Waals surface area contributed by atoms with Crippen molar-refractivity contribution >= 4 is 11.8 Å². The molecule has 0 aromatic heterocycles. The molecule has 0 amide bonds. The number of rotatable bonds is 2. The van der Waals surface area contributed by atoms with Gasteiger partial charge in [0.05, 0.1) is 31.5 Å². The van der Waals surface area contributed by atoms with Crippen molar-refractivity contribution in [3.8, 4) is 0 Å². The number of ketones is 1. The van der Waals surface area contributed by atoms with Gasteiger partial charge in [0.1, 0.15) is 11.5 Å². The molecule has 2 aliphatic heterocycles. The van der Waals surface area contributed by atoms with Crippen LogP contribution in [0.15, 0.2) is 12.2 Å². The predicted octanol–water partition coefficient (Wildman–Crippen LogP) is -1.11. The minimum atomic E-state index is -2.42. The highest BCUT2D eigenvalue weighted by atomic mass is 16.6. The van der Waals surface area contributed by atoms with Crippen LogP contribution in [0.2, 0.25) is 0 Å². The summed E-state index contributed by atoms with van der Waals surface area (Å²) >= 11 is 0. The maximum atomic E-state index is 13.5. The van der Waals surface area contributed by atoms with E-state index in [9.17, 15) is 35.1 Å². The van der Waals surface area contributed by atoms with Gasteiger partial charge < -0.3 is 35.0 Å². The lowest BCUT2D eigenvalue weighted by Gasteiger charge is -2.75. The van der Waals surface area contributed by atoms with Crippen LogP contribution < -0.4 is 0 Å². The average molecular weight is 438 g/mol. The quantitative estimate of drug-likeness (QED) is 0.267. The molecule has 31 heavy (non-hydrogen) atoms. The van der Waals surface area contributed by atoms with Gasteiger partial charge in [-0.15, -0.1) is 0 Å². The Hall–Kier alpha value is -1.36. The number of carbonyl (C=O) groups excluding carboxylic acids is 2. The van der Waals surface area contributed by atoms with Crippen LogP contribution in [0.1, 0.15) is 33.1 Å². The Balaban J connectivity index is 1.73. The number of hydrogen-bond donors (Lipinski definition) is 5. The van der Waals surface area contributed by atoms with E-state index in [0.29, 0.717) is 12.8 Å². The lowest BCUT2D eigenvalue weighted by atomic mass is 9.35. The molecule has 0 aromatic rings. The van der Waals surface area contributed by atoms with Crippen LogP contribution in [0.3, 0.4) is 0 Å². The molecule has 172 valence electrons. The first-order chi connectivity index (χ1) is 14.4. The molecular weight excluding hydrogens is 408 g/mol. The van der Waals surface area contributed by atoms with Crippen LogP contribution in [-0.4, -0.2) is 80.7 Å². The molecule has 0 radical (unpaired) electrons. The van der Waals surface area contributed by atoms with E-state index in [2.05, 4.69) is 6.58 Å². The summed E-state index contributed by atoms with van der Waals surface area (Å²) in [7, 11) is 0. The Labute approximate surface area is 179 Å². The Bertz CT molecular complexity index is 873. The SMILES string of the molecule is C=C1C(=O)C23C(O)C1CCC2C12COC3(O)C(O)C1C(C)(COC(C)=O)C(O)CC2O. The number of ether oxygens (including phenoxy) is 2. The van der Waals surface area contributed by atoms with E-state index >= 15 is 0 Å². The minimum absolute atomic E-state index is 0.0794. The molecule has 4 aliphatic carbocycles. The standard InChI is InChI=1S/C22H30O9/c1-9-11-4-5-12-20-8-31-22(29,21(12,16(9)26)17(11)27)18(28)15(20)19(3,7-30-10(2)23)13(24)6-14(20)25/h11-15,17-18,24-25,27-29H,1,4-8H2,2-3H3. The maximum Gasteiger partial charge on any atom is 0.302 e. The smallest absolute Gasteiger partial charge is 0.302 e. The third kappa shape index (κ3) is 2.05. The normalized spacial score (nSPS) is 57.5. The molecule has 11 atom stereocenters. The number of aliphatic hydroxyl groups is 5. The fraction of sp³-hybridized carbons (Fsp3) is 0.818. The third-order valence-corrected chi connectivity index (χ3v) is 9.48. The summed E-state index contributed by atoms with van der Waals surface area (Å²) in [6.07, 6.45) is -4.53. The molecule has 11 unspecified atom stereocenters. The van der Waals surface area contributed by atoms with Crippen LogP contribution in [-0.2, 0) is 19.1 Å². The highest BCUT2D eigenvalue weighted by molar-refractivity contribution is 6.05. The van der Waals surface area contributed by atoms with Gasteiger partial charge in [-0.2, -0.15) is 0 Å². The summed E-state index contributed by atoms with van der Waals surface area (Å²) in [6, 6.07) is 0. The molecular formula is C22H30O9. The lowest BCUT2D eigenvalue weighted by molar-refractivity contribution is -0.464. The van der Waals surface area contributed by atoms with Crippen molar-refractivity contribution < 1.29 is 44.6 Å². The van der Waals surface area contributed by atoms with Gasteiger partial charge in [0.25, 0.3) is 0 Å². The van der Waals surface area contributed by atoms with Crippen molar-refractivity contribution in [3.63, 3.8) is 0 Å². The van der Waals surface area contributed by atoms with Gasteiger partial charge >= 0.3 is 5.97 Å². The second-order valence-electron chi connectivity index (χ2n) is 10.5.